The smallest absolute Gasteiger partial charge is 0.189 e. The minimum atomic E-state index is 0.0998. The number of carbonyl (C=O) groups is 1. The predicted molar refractivity (Wildman–Crippen MR) is 103 cm³/mol. The molecule has 0 unspecified atom stereocenters. The van der Waals surface area contributed by atoms with Crippen LogP contribution in [0.15, 0.2) is 66.1 Å². The van der Waals surface area contributed by atoms with Crippen LogP contribution in [0.2, 0.25) is 0 Å². The van der Waals surface area contributed by atoms with Gasteiger partial charge in [0.15, 0.2) is 5.78 Å². The average Bonchev–Trinajstić information content (AvgIpc) is 3.26. The lowest BCUT2D eigenvalue weighted by Gasteiger charge is -2.03. The van der Waals surface area contributed by atoms with Gasteiger partial charge in [0.1, 0.15) is 16.2 Å². The third-order valence-corrected chi connectivity index (χ3v) is 6.02. The zero-order valence-corrected chi connectivity index (χ0v) is 15.2. The molecule has 25 heavy (non-hydrogen) atoms. The van der Waals surface area contributed by atoms with Crippen LogP contribution in [0.5, 0.6) is 0 Å². The molecule has 4 nitrogen and oxygen atoms in total. The van der Waals surface area contributed by atoms with E-state index in [1.54, 1.807) is 17.7 Å². The predicted octanol–water partition coefficient (Wildman–Crippen LogP) is 4.67. The van der Waals surface area contributed by atoms with Gasteiger partial charge in [-0.2, -0.15) is 0 Å². The van der Waals surface area contributed by atoms with E-state index in [0.29, 0.717) is 11.4 Å². The Hall–Kier alpha value is -2.44. The quantitative estimate of drug-likeness (QED) is 0.293. The van der Waals surface area contributed by atoms with Crippen molar-refractivity contribution in [3.05, 3.63) is 66.7 Å². The SMILES string of the molecule is Cn1cccc1C(=O)CSc1ncnc2sc(-c3ccccc3)cc12. The molecule has 0 fully saturated rings. The van der Waals surface area contributed by atoms with Gasteiger partial charge in [-0.3, -0.25) is 4.79 Å². The first-order valence-electron chi connectivity index (χ1n) is 7.79. The Kier molecular flexibility index (Phi) is 4.38. The molecule has 3 heterocycles. The monoisotopic (exact) mass is 365 g/mol. The molecule has 124 valence electrons. The third-order valence-electron chi connectivity index (χ3n) is 3.92. The molecule has 0 saturated carbocycles. The Morgan fingerprint density at radius 3 is 2.76 bits per heavy atom. The van der Waals surface area contributed by atoms with Crippen molar-refractivity contribution in [2.45, 2.75) is 5.03 Å². The Morgan fingerprint density at radius 1 is 1.16 bits per heavy atom. The molecule has 4 rings (SSSR count). The van der Waals surface area contributed by atoms with Gasteiger partial charge >= 0.3 is 0 Å². The summed E-state index contributed by atoms with van der Waals surface area (Å²) in [5.74, 6) is 0.461. The molecule has 6 heteroatoms. The number of carbonyl (C=O) groups excluding carboxylic acids is 1. The van der Waals surface area contributed by atoms with Crippen LogP contribution in [-0.4, -0.2) is 26.1 Å². The van der Waals surface area contributed by atoms with Crippen LogP contribution in [0.4, 0.5) is 0 Å². The van der Waals surface area contributed by atoms with E-state index in [4.69, 9.17) is 0 Å². The van der Waals surface area contributed by atoms with E-state index in [-0.39, 0.29) is 5.78 Å². The summed E-state index contributed by atoms with van der Waals surface area (Å²) in [6.07, 6.45) is 3.45. The molecule has 3 aromatic heterocycles. The number of thioether (sulfide) groups is 1. The van der Waals surface area contributed by atoms with E-state index in [0.717, 1.165) is 20.1 Å². The summed E-state index contributed by atoms with van der Waals surface area (Å²) in [7, 11) is 1.88. The second-order valence-electron chi connectivity index (χ2n) is 5.59. The number of hydrogen-bond acceptors (Lipinski definition) is 5. The number of nitrogens with zero attached hydrogens (tertiary/aromatic N) is 3. The van der Waals surface area contributed by atoms with Crippen molar-refractivity contribution in [2.75, 3.05) is 5.75 Å². The first-order valence-corrected chi connectivity index (χ1v) is 9.60. The standard InChI is InChI=1S/C19H15N3OS2/c1-22-9-5-8-15(22)16(23)11-24-18-14-10-17(13-6-3-2-4-7-13)25-19(14)21-12-20-18/h2-10,12H,11H2,1H3. The molecular formula is C19H15N3OS2. The van der Waals surface area contributed by atoms with Crippen molar-refractivity contribution in [1.29, 1.82) is 0 Å². The molecule has 0 spiro atoms. The highest BCUT2D eigenvalue weighted by molar-refractivity contribution is 8.00. The van der Waals surface area contributed by atoms with Gasteiger partial charge in [-0.05, 0) is 23.8 Å². The number of aromatic nitrogens is 3. The maximum absolute atomic E-state index is 12.4. The van der Waals surface area contributed by atoms with Crippen LogP contribution < -0.4 is 0 Å². The van der Waals surface area contributed by atoms with Crippen molar-refractivity contribution in [3.8, 4) is 10.4 Å². The normalized spacial score (nSPS) is 11.1. The molecule has 1 aromatic carbocycles. The Labute approximate surface area is 153 Å². The zero-order chi connectivity index (χ0) is 17.2. The van der Waals surface area contributed by atoms with Gasteiger partial charge in [0.25, 0.3) is 0 Å². The third kappa shape index (κ3) is 3.23. The van der Waals surface area contributed by atoms with Gasteiger partial charge in [0.05, 0.1) is 11.4 Å². The van der Waals surface area contributed by atoms with E-state index >= 15 is 0 Å². The largest absolute Gasteiger partial charge is 0.348 e. The fraction of sp³-hybridized carbons (Fsp3) is 0.105. The molecule has 0 aliphatic carbocycles. The summed E-state index contributed by atoms with van der Waals surface area (Å²) in [5, 5.41) is 1.86. The van der Waals surface area contributed by atoms with Gasteiger partial charge in [0, 0.05) is 23.5 Å². The van der Waals surface area contributed by atoms with Crippen molar-refractivity contribution < 1.29 is 4.79 Å². The number of Topliss-reactive ketones (excluding diaryl/α,β-unsaturated/α-hetero) is 1. The highest BCUT2D eigenvalue weighted by Gasteiger charge is 2.14. The lowest BCUT2D eigenvalue weighted by molar-refractivity contribution is 0.101. The highest BCUT2D eigenvalue weighted by Crippen LogP contribution is 2.36. The number of ketones is 1. The molecular weight excluding hydrogens is 350 g/mol. The summed E-state index contributed by atoms with van der Waals surface area (Å²) in [4.78, 5) is 23.3. The number of benzene rings is 1. The number of aryl methyl sites for hydroxylation is 1. The van der Waals surface area contributed by atoms with Crippen molar-refractivity contribution >= 4 is 39.1 Å². The Balaban J connectivity index is 1.61. The van der Waals surface area contributed by atoms with Gasteiger partial charge in [0.2, 0.25) is 0 Å². The average molecular weight is 365 g/mol. The van der Waals surface area contributed by atoms with Crippen LogP contribution in [0.1, 0.15) is 10.5 Å². The molecule has 0 bridgehead atoms. The Morgan fingerprint density at radius 2 is 2.00 bits per heavy atom. The van der Waals surface area contributed by atoms with Gasteiger partial charge in [-0.15, -0.1) is 11.3 Å². The van der Waals surface area contributed by atoms with Crippen LogP contribution in [0, 0.1) is 0 Å². The zero-order valence-electron chi connectivity index (χ0n) is 13.5. The van der Waals surface area contributed by atoms with Crippen LogP contribution in [-0.2, 0) is 7.05 Å². The number of thiophene rings is 1. The maximum Gasteiger partial charge on any atom is 0.189 e. The van der Waals surface area contributed by atoms with Crippen LogP contribution in [0.3, 0.4) is 0 Å². The van der Waals surface area contributed by atoms with Crippen LogP contribution in [0.25, 0.3) is 20.7 Å². The molecule has 0 aliphatic rings. The molecule has 0 N–H and O–H groups in total. The number of fused-ring (bicyclic) bond motifs is 1. The number of rotatable bonds is 5. The molecule has 0 atom stereocenters. The number of hydrogen-bond donors (Lipinski definition) is 0. The summed E-state index contributed by atoms with van der Waals surface area (Å²) in [6, 6.07) is 16.1. The first-order chi connectivity index (χ1) is 12.2. The van der Waals surface area contributed by atoms with E-state index in [2.05, 4.69) is 28.2 Å². The molecule has 0 radical (unpaired) electrons. The summed E-state index contributed by atoms with van der Waals surface area (Å²) in [5.41, 5.74) is 1.88. The summed E-state index contributed by atoms with van der Waals surface area (Å²) < 4.78 is 1.84. The molecule has 0 amide bonds. The summed E-state index contributed by atoms with van der Waals surface area (Å²) >= 11 is 3.11. The van der Waals surface area contributed by atoms with E-state index in [9.17, 15) is 4.79 Å². The summed E-state index contributed by atoms with van der Waals surface area (Å²) in [6.45, 7) is 0. The molecule has 0 saturated heterocycles. The molecule has 0 aliphatic heterocycles. The maximum atomic E-state index is 12.4. The van der Waals surface area contributed by atoms with E-state index in [1.807, 2.05) is 48.1 Å². The van der Waals surface area contributed by atoms with E-state index in [1.165, 1.54) is 17.3 Å². The van der Waals surface area contributed by atoms with Gasteiger partial charge in [-0.25, -0.2) is 9.97 Å². The van der Waals surface area contributed by atoms with E-state index < -0.39 is 0 Å². The van der Waals surface area contributed by atoms with Crippen molar-refractivity contribution in [1.82, 2.24) is 14.5 Å². The second-order valence-corrected chi connectivity index (χ2v) is 7.59. The van der Waals surface area contributed by atoms with Crippen molar-refractivity contribution in [2.24, 2.45) is 7.05 Å². The lowest BCUT2D eigenvalue weighted by atomic mass is 10.2. The molecule has 4 aromatic rings. The topological polar surface area (TPSA) is 47.8 Å². The lowest BCUT2D eigenvalue weighted by Crippen LogP contribution is -2.07. The first kappa shape index (κ1) is 16.1. The fourth-order valence-electron chi connectivity index (χ4n) is 2.65. The van der Waals surface area contributed by atoms with Gasteiger partial charge < -0.3 is 4.57 Å². The minimum Gasteiger partial charge on any atom is -0.348 e. The second kappa shape index (κ2) is 6.82. The van der Waals surface area contributed by atoms with Crippen molar-refractivity contribution in [3.63, 3.8) is 0 Å². The van der Waals surface area contributed by atoms with Gasteiger partial charge in [-0.1, -0.05) is 42.1 Å². The van der Waals surface area contributed by atoms with Crippen LogP contribution >= 0.6 is 23.1 Å². The highest BCUT2D eigenvalue weighted by atomic mass is 32.2. The Bertz CT molecular complexity index is 1040. The fourth-order valence-corrected chi connectivity index (χ4v) is 4.57. The minimum absolute atomic E-state index is 0.0998.